The highest BCUT2D eigenvalue weighted by Gasteiger charge is 2.17. The quantitative estimate of drug-likeness (QED) is 0.800. The van der Waals surface area contributed by atoms with E-state index in [4.69, 9.17) is 5.11 Å². The van der Waals surface area contributed by atoms with Gasteiger partial charge in [0.25, 0.3) is 0 Å². The standard InChI is InChI=1S/C14H19FN2O3/c1-3-17(8-10(2)14(19)20)9-13(18)16-12-6-4-11(15)5-7-12/h4-7,10H,3,8-9H2,1-2H3,(H,16,18)(H,19,20). The molecule has 1 aromatic rings. The zero-order valence-electron chi connectivity index (χ0n) is 11.6. The van der Waals surface area contributed by atoms with Gasteiger partial charge in [0.15, 0.2) is 0 Å². The van der Waals surface area contributed by atoms with Gasteiger partial charge in [0, 0.05) is 12.2 Å². The van der Waals surface area contributed by atoms with Gasteiger partial charge >= 0.3 is 5.97 Å². The summed E-state index contributed by atoms with van der Waals surface area (Å²) < 4.78 is 12.7. The van der Waals surface area contributed by atoms with Crippen molar-refractivity contribution < 1.29 is 19.1 Å². The molecule has 0 heterocycles. The first-order chi connectivity index (χ1) is 9.42. The van der Waals surface area contributed by atoms with Crippen LogP contribution in [0.3, 0.4) is 0 Å². The molecule has 0 radical (unpaired) electrons. The Kier molecular flexibility index (Phi) is 6.11. The van der Waals surface area contributed by atoms with Gasteiger partial charge in [-0.2, -0.15) is 0 Å². The molecule has 1 rings (SSSR count). The van der Waals surface area contributed by atoms with E-state index in [9.17, 15) is 14.0 Å². The Morgan fingerprint density at radius 3 is 2.45 bits per heavy atom. The lowest BCUT2D eigenvalue weighted by atomic mass is 10.1. The van der Waals surface area contributed by atoms with Crippen LogP contribution in [-0.4, -0.2) is 41.5 Å². The van der Waals surface area contributed by atoms with Crippen molar-refractivity contribution in [3.8, 4) is 0 Å². The second-order valence-electron chi connectivity index (χ2n) is 4.62. The smallest absolute Gasteiger partial charge is 0.307 e. The van der Waals surface area contributed by atoms with Crippen molar-refractivity contribution in [2.45, 2.75) is 13.8 Å². The van der Waals surface area contributed by atoms with Crippen molar-refractivity contribution in [3.05, 3.63) is 30.1 Å². The Morgan fingerprint density at radius 1 is 1.35 bits per heavy atom. The first-order valence-electron chi connectivity index (χ1n) is 6.43. The number of likely N-dealkylation sites (N-methyl/N-ethyl adjacent to an activating group) is 1. The number of anilines is 1. The minimum absolute atomic E-state index is 0.103. The van der Waals surface area contributed by atoms with Gasteiger partial charge < -0.3 is 10.4 Å². The van der Waals surface area contributed by atoms with Crippen LogP contribution in [0.1, 0.15) is 13.8 Å². The molecule has 1 atom stereocenters. The third-order valence-electron chi connectivity index (χ3n) is 2.90. The number of carboxylic acids is 1. The number of amides is 1. The van der Waals surface area contributed by atoms with Crippen molar-refractivity contribution in [1.29, 1.82) is 0 Å². The largest absolute Gasteiger partial charge is 0.481 e. The number of carboxylic acid groups (broad SMARTS) is 1. The number of hydrogen-bond donors (Lipinski definition) is 2. The fourth-order valence-corrected chi connectivity index (χ4v) is 1.71. The molecule has 0 aromatic heterocycles. The molecule has 0 fully saturated rings. The zero-order valence-corrected chi connectivity index (χ0v) is 11.6. The Labute approximate surface area is 117 Å². The van der Waals surface area contributed by atoms with Crippen LogP contribution in [0, 0.1) is 11.7 Å². The fraction of sp³-hybridized carbons (Fsp3) is 0.429. The summed E-state index contributed by atoms with van der Waals surface area (Å²) in [5.41, 5.74) is 0.513. The first kappa shape index (κ1) is 16.1. The van der Waals surface area contributed by atoms with Crippen LogP contribution < -0.4 is 5.32 Å². The highest BCUT2D eigenvalue weighted by molar-refractivity contribution is 5.92. The summed E-state index contributed by atoms with van der Waals surface area (Å²) >= 11 is 0. The molecule has 0 aliphatic carbocycles. The summed E-state index contributed by atoms with van der Waals surface area (Å²) in [7, 11) is 0. The number of rotatable bonds is 7. The van der Waals surface area contributed by atoms with E-state index >= 15 is 0 Å². The van der Waals surface area contributed by atoms with Crippen LogP contribution in [0.2, 0.25) is 0 Å². The number of nitrogens with one attached hydrogen (secondary N) is 1. The summed E-state index contributed by atoms with van der Waals surface area (Å²) in [5, 5.41) is 11.5. The Hall–Kier alpha value is -1.95. The summed E-state index contributed by atoms with van der Waals surface area (Å²) in [6.07, 6.45) is 0. The molecule has 0 aliphatic heterocycles. The molecule has 5 nitrogen and oxygen atoms in total. The number of aliphatic carboxylic acids is 1. The van der Waals surface area contributed by atoms with Crippen molar-refractivity contribution >= 4 is 17.6 Å². The molecule has 110 valence electrons. The molecule has 0 bridgehead atoms. The second-order valence-corrected chi connectivity index (χ2v) is 4.62. The van der Waals surface area contributed by atoms with E-state index in [0.717, 1.165) is 0 Å². The molecule has 0 saturated carbocycles. The van der Waals surface area contributed by atoms with E-state index in [-0.39, 0.29) is 18.3 Å². The van der Waals surface area contributed by atoms with Gasteiger partial charge in [0.1, 0.15) is 5.82 Å². The summed E-state index contributed by atoms with van der Waals surface area (Å²) in [5.74, 6) is -2.04. The van der Waals surface area contributed by atoms with Gasteiger partial charge in [-0.1, -0.05) is 13.8 Å². The monoisotopic (exact) mass is 282 g/mol. The Bertz CT molecular complexity index is 462. The number of carbonyl (C=O) groups excluding carboxylic acids is 1. The van der Waals surface area contributed by atoms with Crippen molar-refractivity contribution in [3.63, 3.8) is 0 Å². The number of hydrogen-bond acceptors (Lipinski definition) is 3. The molecule has 2 N–H and O–H groups in total. The van der Waals surface area contributed by atoms with Gasteiger partial charge in [-0.3, -0.25) is 14.5 Å². The first-order valence-corrected chi connectivity index (χ1v) is 6.43. The molecular formula is C14H19FN2O3. The predicted molar refractivity (Wildman–Crippen MR) is 73.9 cm³/mol. The molecule has 1 aromatic carbocycles. The highest BCUT2D eigenvalue weighted by atomic mass is 19.1. The third-order valence-corrected chi connectivity index (χ3v) is 2.90. The number of benzene rings is 1. The van der Waals surface area contributed by atoms with Crippen LogP contribution in [-0.2, 0) is 9.59 Å². The Morgan fingerprint density at radius 2 is 1.95 bits per heavy atom. The van der Waals surface area contributed by atoms with E-state index in [0.29, 0.717) is 18.8 Å². The van der Waals surface area contributed by atoms with Gasteiger partial charge in [0.05, 0.1) is 12.5 Å². The molecule has 1 amide bonds. The maximum atomic E-state index is 12.7. The minimum Gasteiger partial charge on any atom is -0.481 e. The fourth-order valence-electron chi connectivity index (χ4n) is 1.71. The van der Waals surface area contributed by atoms with E-state index < -0.39 is 11.9 Å². The van der Waals surface area contributed by atoms with Crippen molar-refractivity contribution in [2.75, 3.05) is 25.0 Å². The summed E-state index contributed by atoms with van der Waals surface area (Å²) in [6.45, 7) is 4.45. The van der Waals surface area contributed by atoms with Crippen molar-refractivity contribution in [1.82, 2.24) is 4.90 Å². The average Bonchev–Trinajstić information content (AvgIpc) is 2.40. The van der Waals surface area contributed by atoms with E-state index in [2.05, 4.69) is 5.32 Å². The predicted octanol–water partition coefficient (Wildman–Crippen LogP) is 1.81. The molecule has 0 spiro atoms. The van der Waals surface area contributed by atoms with Crippen LogP contribution in [0.25, 0.3) is 0 Å². The Balaban J connectivity index is 2.50. The maximum absolute atomic E-state index is 12.7. The molecule has 1 unspecified atom stereocenters. The molecule has 6 heteroatoms. The lowest BCUT2D eigenvalue weighted by Gasteiger charge is -2.21. The van der Waals surface area contributed by atoms with Gasteiger partial charge in [-0.25, -0.2) is 4.39 Å². The molecule has 20 heavy (non-hydrogen) atoms. The zero-order chi connectivity index (χ0) is 15.1. The van der Waals surface area contributed by atoms with Crippen molar-refractivity contribution in [2.24, 2.45) is 5.92 Å². The molecular weight excluding hydrogens is 263 g/mol. The number of nitrogens with zero attached hydrogens (tertiary/aromatic N) is 1. The van der Waals surface area contributed by atoms with E-state index in [1.807, 2.05) is 6.92 Å². The van der Waals surface area contributed by atoms with Crippen LogP contribution in [0.4, 0.5) is 10.1 Å². The van der Waals surface area contributed by atoms with Crippen LogP contribution in [0.5, 0.6) is 0 Å². The number of carbonyl (C=O) groups is 2. The van der Waals surface area contributed by atoms with Crippen LogP contribution in [0.15, 0.2) is 24.3 Å². The maximum Gasteiger partial charge on any atom is 0.307 e. The van der Waals surface area contributed by atoms with E-state index in [1.54, 1.807) is 11.8 Å². The lowest BCUT2D eigenvalue weighted by Crippen LogP contribution is -2.37. The number of halogens is 1. The summed E-state index contributed by atoms with van der Waals surface area (Å²) in [4.78, 5) is 24.4. The van der Waals surface area contributed by atoms with E-state index in [1.165, 1.54) is 24.3 Å². The third kappa shape index (κ3) is 5.36. The average molecular weight is 282 g/mol. The molecule has 0 saturated heterocycles. The second kappa shape index (κ2) is 7.59. The SMILES string of the molecule is CCN(CC(=O)Nc1ccc(F)cc1)CC(C)C(=O)O. The lowest BCUT2D eigenvalue weighted by molar-refractivity contribution is -0.142. The minimum atomic E-state index is -0.887. The van der Waals surface area contributed by atoms with Crippen LogP contribution >= 0.6 is 0 Å². The highest BCUT2D eigenvalue weighted by Crippen LogP contribution is 2.08. The van der Waals surface area contributed by atoms with Gasteiger partial charge in [-0.05, 0) is 30.8 Å². The normalized spacial score (nSPS) is 12.2. The summed E-state index contributed by atoms with van der Waals surface area (Å²) in [6, 6.07) is 5.48. The van der Waals surface area contributed by atoms with Gasteiger partial charge in [0.2, 0.25) is 5.91 Å². The van der Waals surface area contributed by atoms with Gasteiger partial charge in [-0.15, -0.1) is 0 Å². The topological polar surface area (TPSA) is 69.6 Å². The molecule has 0 aliphatic rings.